The average Bonchev–Trinajstić information content (AvgIpc) is 3.39. The minimum Gasteiger partial charge on any atom is -0.365 e. The molecule has 2 aromatic heterocycles. The number of nitrogens with one attached hydrogen (secondary N) is 1. The van der Waals surface area contributed by atoms with Crippen LogP contribution in [-0.4, -0.2) is 50.8 Å². The molecule has 0 unspecified atom stereocenters. The van der Waals surface area contributed by atoms with Crippen LogP contribution in [0.5, 0.6) is 0 Å². The number of alkyl halides is 3. The predicted molar refractivity (Wildman–Crippen MR) is 106 cm³/mol. The predicted octanol–water partition coefficient (Wildman–Crippen LogP) is 3.63. The lowest BCUT2D eigenvalue weighted by atomic mass is 10.1. The van der Waals surface area contributed by atoms with Crippen molar-refractivity contribution in [3.05, 3.63) is 52.7 Å². The van der Waals surface area contributed by atoms with Crippen LogP contribution >= 0.6 is 0 Å². The summed E-state index contributed by atoms with van der Waals surface area (Å²) in [4.78, 5) is 18.6. The van der Waals surface area contributed by atoms with E-state index < -0.39 is 17.8 Å². The fourth-order valence-corrected chi connectivity index (χ4v) is 3.68. The van der Waals surface area contributed by atoms with E-state index in [-0.39, 0.29) is 29.7 Å². The van der Waals surface area contributed by atoms with Crippen molar-refractivity contribution in [2.24, 2.45) is 0 Å². The fourth-order valence-electron chi connectivity index (χ4n) is 3.68. The molecule has 1 amide bonds. The Morgan fingerprint density at radius 2 is 2.12 bits per heavy atom. The average molecular weight is 449 g/mol. The number of hydrogen-bond acceptors (Lipinski definition) is 6. The van der Waals surface area contributed by atoms with Crippen molar-refractivity contribution >= 4 is 5.91 Å². The van der Waals surface area contributed by atoms with Gasteiger partial charge in [-0.15, -0.1) is 0 Å². The highest BCUT2D eigenvalue weighted by molar-refractivity contribution is 5.76. The Morgan fingerprint density at radius 1 is 1.31 bits per heavy atom. The summed E-state index contributed by atoms with van der Waals surface area (Å²) in [5, 5.41) is 10.9. The Kier molecular flexibility index (Phi) is 6.00. The molecule has 1 aliphatic rings. The van der Waals surface area contributed by atoms with E-state index >= 15 is 0 Å². The summed E-state index contributed by atoms with van der Waals surface area (Å²) in [6, 6.07) is 4.70. The molecular weight excluding hydrogens is 427 g/mol. The molecule has 1 N–H and O–H groups in total. The second-order valence-electron chi connectivity index (χ2n) is 7.65. The number of nitrogens with zero attached hydrogens (tertiary/aromatic N) is 4. The van der Waals surface area contributed by atoms with Gasteiger partial charge in [0, 0.05) is 24.2 Å². The van der Waals surface area contributed by atoms with Crippen LogP contribution in [0.2, 0.25) is 0 Å². The van der Waals surface area contributed by atoms with Gasteiger partial charge >= 0.3 is 6.18 Å². The summed E-state index contributed by atoms with van der Waals surface area (Å²) < 4.78 is 49.8. The molecule has 0 spiro atoms. The smallest absolute Gasteiger partial charge is 0.365 e. The zero-order chi connectivity index (χ0) is 22.9. The number of morpholine rings is 1. The van der Waals surface area contributed by atoms with E-state index in [1.807, 2.05) is 13.8 Å². The van der Waals surface area contributed by atoms with Crippen molar-refractivity contribution < 1.29 is 27.2 Å². The lowest BCUT2D eigenvalue weighted by Crippen LogP contribution is -2.42. The van der Waals surface area contributed by atoms with Crippen LogP contribution in [0.25, 0.3) is 11.4 Å². The highest BCUT2D eigenvalue weighted by atomic mass is 19.4. The molecule has 1 saturated heterocycles. The van der Waals surface area contributed by atoms with E-state index in [4.69, 9.17) is 9.26 Å². The number of aromatic amines is 1. The number of hydrogen-bond donors (Lipinski definition) is 1. The Hall–Kier alpha value is -3.21. The standard InChI is InChI=1S/C21H22F3N5O3/c1-12-16(13(2)27-26-12)6-7-18(30)29-8-9-31-17(11-29)20-25-19(28-32-20)14-4-3-5-15(10-14)21(22,23)24/h3-5,10,17H,6-9,11H2,1-2H3,(H,26,27)/t17-/m1/s1. The summed E-state index contributed by atoms with van der Waals surface area (Å²) in [5.74, 6) is 0.122. The van der Waals surface area contributed by atoms with E-state index in [0.29, 0.717) is 26.0 Å². The van der Waals surface area contributed by atoms with Crippen LogP contribution in [0.4, 0.5) is 13.2 Å². The van der Waals surface area contributed by atoms with Crippen LogP contribution in [0.3, 0.4) is 0 Å². The number of ether oxygens (including phenoxy) is 1. The first-order chi connectivity index (χ1) is 15.2. The maximum Gasteiger partial charge on any atom is 0.416 e. The Bertz CT molecular complexity index is 1090. The van der Waals surface area contributed by atoms with Crippen molar-refractivity contribution in [1.29, 1.82) is 0 Å². The number of benzene rings is 1. The Morgan fingerprint density at radius 3 is 2.84 bits per heavy atom. The molecule has 4 rings (SSSR count). The summed E-state index contributed by atoms with van der Waals surface area (Å²) in [6.07, 6.45) is -4.21. The Balaban J connectivity index is 1.42. The van der Waals surface area contributed by atoms with Crippen molar-refractivity contribution in [2.75, 3.05) is 19.7 Å². The van der Waals surface area contributed by atoms with Crippen molar-refractivity contribution in [2.45, 2.75) is 39.0 Å². The van der Waals surface area contributed by atoms with Gasteiger partial charge in [0.1, 0.15) is 0 Å². The highest BCUT2D eigenvalue weighted by Gasteiger charge is 2.32. The van der Waals surface area contributed by atoms with Crippen LogP contribution < -0.4 is 0 Å². The summed E-state index contributed by atoms with van der Waals surface area (Å²) >= 11 is 0. The van der Waals surface area contributed by atoms with Crippen molar-refractivity contribution in [3.63, 3.8) is 0 Å². The molecule has 3 heterocycles. The zero-order valence-corrected chi connectivity index (χ0v) is 17.6. The number of aromatic nitrogens is 4. The first kappa shape index (κ1) is 22.0. The van der Waals surface area contributed by atoms with Gasteiger partial charge in [0.15, 0.2) is 6.10 Å². The number of halogens is 3. The summed E-state index contributed by atoms with van der Waals surface area (Å²) in [5.41, 5.74) is 2.25. The summed E-state index contributed by atoms with van der Waals surface area (Å²) in [7, 11) is 0. The van der Waals surface area contributed by atoms with Crippen molar-refractivity contribution in [3.8, 4) is 11.4 Å². The second-order valence-corrected chi connectivity index (χ2v) is 7.65. The number of carbonyl (C=O) groups excluding carboxylic acids is 1. The number of carbonyl (C=O) groups is 1. The second kappa shape index (κ2) is 8.73. The largest absolute Gasteiger partial charge is 0.416 e. The molecule has 3 aromatic rings. The van der Waals surface area contributed by atoms with E-state index in [1.54, 1.807) is 4.90 Å². The van der Waals surface area contributed by atoms with Gasteiger partial charge in [0.25, 0.3) is 5.89 Å². The third kappa shape index (κ3) is 4.67. The molecular formula is C21H22F3N5O3. The van der Waals surface area contributed by atoms with Gasteiger partial charge in [-0.1, -0.05) is 17.3 Å². The molecule has 1 aromatic carbocycles. The van der Waals surface area contributed by atoms with E-state index in [2.05, 4.69) is 20.3 Å². The monoisotopic (exact) mass is 449 g/mol. The molecule has 8 nitrogen and oxygen atoms in total. The van der Waals surface area contributed by atoms with Gasteiger partial charge in [-0.25, -0.2) is 0 Å². The number of amides is 1. The summed E-state index contributed by atoms with van der Waals surface area (Å²) in [6.45, 7) is 4.77. The minimum absolute atomic E-state index is 0.0315. The van der Waals surface area contributed by atoms with Gasteiger partial charge in [-0.2, -0.15) is 23.3 Å². The normalized spacial score (nSPS) is 17.0. The fraction of sp³-hybridized carbons (Fsp3) is 0.429. The van der Waals surface area contributed by atoms with Crippen LogP contribution in [0.15, 0.2) is 28.8 Å². The molecule has 11 heteroatoms. The first-order valence-electron chi connectivity index (χ1n) is 10.1. The molecule has 1 aliphatic heterocycles. The molecule has 0 saturated carbocycles. The molecule has 0 aliphatic carbocycles. The number of H-pyrrole nitrogens is 1. The van der Waals surface area contributed by atoms with Crippen LogP contribution in [0.1, 0.15) is 40.9 Å². The maximum absolute atomic E-state index is 13.0. The van der Waals surface area contributed by atoms with Gasteiger partial charge in [0.05, 0.1) is 24.4 Å². The third-order valence-electron chi connectivity index (χ3n) is 5.45. The number of aryl methyl sites for hydroxylation is 2. The lowest BCUT2D eigenvalue weighted by Gasteiger charge is -2.31. The molecule has 0 radical (unpaired) electrons. The molecule has 170 valence electrons. The van der Waals surface area contributed by atoms with Gasteiger partial charge in [0.2, 0.25) is 11.7 Å². The quantitative estimate of drug-likeness (QED) is 0.639. The van der Waals surface area contributed by atoms with E-state index in [0.717, 1.165) is 29.1 Å². The lowest BCUT2D eigenvalue weighted by molar-refractivity contribution is -0.140. The minimum atomic E-state index is -4.47. The van der Waals surface area contributed by atoms with Gasteiger partial charge in [-0.05, 0) is 38.0 Å². The van der Waals surface area contributed by atoms with Crippen LogP contribution in [0, 0.1) is 13.8 Å². The molecule has 32 heavy (non-hydrogen) atoms. The first-order valence-corrected chi connectivity index (χ1v) is 10.1. The van der Waals surface area contributed by atoms with E-state index in [9.17, 15) is 18.0 Å². The van der Waals surface area contributed by atoms with Crippen LogP contribution in [-0.2, 0) is 22.1 Å². The van der Waals surface area contributed by atoms with Gasteiger partial charge in [-0.3, -0.25) is 9.89 Å². The van der Waals surface area contributed by atoms with Crippen molar-refractivity contribution in [1.82, 2.24) is 25.2 Å². The third-order valence-corrected chi connectivity index (χ3v) is 5.45. The Labute approximate surface area is 181 Å². The van der Waals surface area contributed by atoms with E-state index in [1.165, 1.54) is 12.1 Å². The maximum atomic E-state index is 13.0. The van der Waals surface area contributed by atoms with Gasteiger partial charge < -0.3 is 14.2 Å². The zero-order valence-electron chi connectivity index (χ0n) is 17.6. The highest BCUT2D eigenvalue weighted by Crippen LogP contribution is 2.32. The molecule has 1 atom stereocenters. The SMILES string of the molecule is Cc1n[nH]c(C)c1CCC(=O)N1CCO[C@@H](c2nc(-c3cccc(C(F)(F)F)c3)no2)C1. The molecule has 1 fully saturated rings. The molecule has 0 bridgehead atoms. The number of rotatable bonds is 5. The topological polar surface area (TPSA) is 97.1 Å².